The van der Waals surface area contributed by atoms with Crippen molar-refractivity contribution in [1.29, 1.82) is 0 Å². The Morgan fingerprint density at radius 1 is 1.11 bits per heavy atom. The first kappa shape index (κ1) is 16.0. The molecule has 0 aromatic carbocycles. The molecule has 1 saturated carbocycles. The standard InChI is InChI=1S/C16H33NO/c1-7-16(5,6)13-9-8-12(11-17)14(10-13)18-15(2,3)4/h12-14H,7-11,17H2,1-6H3. The predicted octanol–water partition coefficient (Wildman–Crippen LogP) is 3.98. The molecule has 0 bridgehead atoms. The Labute approximate surface area is 114 Å². The summed E-state index contributed by atoms with van der Waals surface area (Å²) in [7, 11) is 0. The third kappa shape index (κ3) is 4.24. The van der Waals surface area contributed by atoms with E-state index in [1.165, 1.54) is 25.7 Å². The maximum atomic E-state index is 6.27. The zero-order valence-electron chi connectivity index (χ0n) is 13.3. The lowest BCUT2D eigenvalue weighted by atomic mass is 9.66. The Hall–Kier alpha value is -0.0800. The van der Waals surface area contributed by atoms with Crippen LogP contribution in [0, 0.1) is 17.3 Å². The third-order valence-electron chi connectivity index (χ3n) is 4.75. The summed E-state index contributed by atoms with van der Waals surface area (Å²) < 4.78 is 6.27. The molecule has 3 atom stereocenters. The van der Waals surface area contributed by atoms with Crippen molar-refractivity contribution >= 4 is 0 Å². The first-order chi connectivity index (χ1) is 8.19. The molecule has 1 fully saturated rings. The van der Waals surface area contributed by atoms with Gasteiger partial charge in [0.15, 0.2) is 0 Å². The average molecular weight is 255 g/mol. The molecule has 1 rings (SSSR count). The van der Waals surface area contributed by atoms with Gasteiger partial charge in [0.25, 0.3) is 0 Å². The molecule has 1 aliphatic carbocycles. The van der Waals surface area contributed by atoms with Crippen LogP contribution in [-0.2, 0) is 4.74 Å². The highest BCUT2D eigenvalue weighted by Gasteiger charge is 2.38. The van der Waals surface area contributed by atoms with Gasteiger partial charge in [-0.25, -0.2) is 0 Å². The van der Waals surface area contributed by atoms with Crippen molar-refractivity contribution in [2.24, 2.45) is 23.0 Å². The Balaban J connectivity index is 2.72. The second-order valence-electron chi connectivity index (χ2n) is 7.62. The third-order valence-corrected chi connectivity index (χ3v) is 4.75. The lowest BCUT2D eigenvalue weighted by molar-refractivity contribution is -0.115. The van der Waals surface area contributed by atoms with Gasteiger partial charge in [0.1, 0.15) is 0 Å². The van der Waals surface area contributed by atoms with Crippen LogP contribution in [0.15, 0.2) is 0 Å². The fourth-order valence-electron chi connectivity index (χ4n) is 3.06. The van der Waals surface area contributed by atoms with Crippen molar-refractivity contribution < 1.29 is 4.74 Å². The summed E-state index contributed by atoms with van der Waals surface area (Å²) >= 11 is 0. The average Bonchev–Trinajstić information content (AvgIpc) is 2.26. The molecule has 0 radical (unpaired) electrons. The summed E-state index contributed by atoms with van der Waals surface area (Å²) in [4.78, 5) is 0. The van der Waals surface area contributed by atoms with Gasteiger partial charge in [0, 0.05) is 0 Å². The maximum Gasteiger partial charge on any atom is 0.0625 e. The Kier molecular flexibility index (Phi) is 5.25. The zero-order chi connectivity index (χ0) is 14.0. The largest absolute Gasteiger partial charge is 0.372 e. The quantitative estimate of drug-likeness (QED) is 0.824. The monoisotopic (exact) mass is 255 g/mol. The SMILES string of the molecule is CCC(C)(C)C1CCC(CN)C(OC(C)(C)C)C1. The molecule has 0 aromatic heterocycles. The van der Waals surface area contributed by atoms with Crippen LogP contribution in [0.2, 0.25) is 0 Å². The summed E-state index contributed by atoms with van der Waals surface area (Å²) in [5.74, 6) is 1.32. The highest BCUT2D eigenvalue weighted by molar-refractivity contribution is 4.89. The topological polar surface area (TPSA) is 35.2 Å². The van der Waals surface area contributed by atoms with Crippen LogP contribution in [0.3, 0.4) is 0 Å². The van der Waals surface area contributed by atoms with Gasteiger partial charge in [-0.15, -0.1) is 0 Å². The minimum atomic E-state index is -0.0592. The van der Waals surface area contributed by atoms with Gasteiger partial charge in [-0.05, 0) is 63.8 Å². The Morgan fingerprint density at radius 2 is 1.72 bits per heavy atom. The van der Waals surface area contributed by atoms with Crippen molar-refractivity contribution in [3.05, 3.63) is 0 Å². The summed E-state index contributed by atoms with van der Waals surface area (Å²) in [6.07, 6.45) is 5.31. The minimum Gasteiger partial charge on any atom is -0.372 e. The molecule has 108 valence electrons. The van der Waals surface area contributed by atoms with Gasteiger partial charge in [-0.2, -0.15) is 0 Å². The summed E-state index contributed by atoms with van der Waals surface area (Å²) in [5.41, 5.74) is 6.29. The molecule has 18 heavy (non-hydrogen) atoms. The minimum absolute atomic E-state index is 0.0592. The molecule has 2 heteroatoms. The first-order valence-corrected chi connectivity index (χ1v) is 7.57. The number of rotatable bonds is 4. The van der Waals surface area contributed by atoms with Crippen LogP contribution >= 0.6 is 0 Å². The molecule has 0 heterocycles. The molecule has 0 aliphatic heterocycles. The number of hydrogen-bond acceptors (Lipinski definition) is 2. The lowest BCUT2D eigenvalue weighted by Crippen LogP contribution is -2.43. The molecular weight excluding hydrogens is 222 g/mol. The molecule has 0 spiro atoms. The molecule has 1 aliphatic rings. The fraction of sp³-hybridized carbons (Fsp3) is 1.00. The van der Waals surface area contributed by atoms with E-state index in [1.54, 1.807) is 0 Å². The molecule has 3 unspecified atom stereocenters. The van der Waals surface area contributed by atoms with Gasteiger partial charge in [-0.1, -0.05) is 27.2 Å². The summed E-state index contributed by atoms with van der Waals surface area (Å²) in [6.45, 7) is 14.3. The predicted molar refractivity (Wildman–Crippen MR) is 78.6 cm³/mol. The van der Waals surface area contributed by atoms with Crippen molar-refractivity contribution in [1.82, 2.24) is 0 Å². The molecule has 0 aromatic rings. The van der Waals surface area contributed by atoms with Crippen molar-refractivity contribution in [3.8, 4) is 0 Å². The second kappa shape index (κ2) is 5.92. The van der Waals surface area contributed by atoms with Gasteiger partial charge in [0.2, 0.25) is 0 Å². The van der Waals surface area contributed by atoms with E-state index in [0.29, 0.717) is 17.4 Å². The fourth-order valence-corrected chi connectivity index (χ4v) is 3.06. The Bertz CT molecular complexity index is 254. The van der Waals surface area contributed by atoms with Crippen LogP contribution in [0.25, 0.3) is 0 Å². The van der Waals surface area contributed by atoms with Crippen LogP contribution in [0.1, 0.15) is 67.2 Å². The van der Waals surface area contributed by atoms with E-state index in [1.807, 2.05) is 0 Å². The van der Waals surface area contributed by atoms with Crippen LogP contribution < -0.4 is 5.73 Å². The molecule has 2 nitrogen and oxygen atoms in total. The second-order valence-corrected chi connectivity index (χ2v) is 7.62. The highest BCUT2D eigenvalue weighted by Crippen LogP contribution is 2.43. The van der Waals surface area contributed by atoms with E-state index >= 15 is 0 Å². The van der Waals surface area contributed by atoms with Gasteiger partial charge < -0.3 is 10.5 Å². The molecule has 0 amide bonds. The van der Waals surface area contributed by atoms with Gasteiger partial charge in [-0.3, -0.25) is 0 Å². The van der Waals surface area contributed by atoms with E-state index in [4.69, 9.17) is 10.5 Å². The van der Waals surface area contributed by atoms with Crippen LogP contribution in [0.4, 0.5) is 0 Å². The summed E-state index contributed by atoms with van der Waals surface area (Å²) in [5, 5.41) is 0. The summed E-state index contributed by atoms with van der Waals surface area (Å²) in [6, 6.07) is 0. The van der Waals surface area contributed by atoms with E-state index in [2.05, 4.69) is 41.5 Å². The number of nitrogens with two attached hydrogens (primary N) is 1. The molecule has 2 N–H and O–H groups in total. The van der Waals surface area contributed by atoms with Crippen LogP contribution in [-0.4, -0.2) is 18.2 Å². The van der Waals surface area contributed by atoms with E-state index in [-0.39, 0.29) is 5.60 Å². The number of ether oxygens (including phenoxy) is 1. The van der Waals surface area contributed by atoms with Gasteiger partial charge in [0.05, 0.1) is 11.7 Å². The molecular formula is C16H33NO. The lowest BCUT2D eigenvalue weighted by Gasteiger charge is -2.44. The molecule has 0 saturated heterocycles. The maximum absolute atomic E-state index is 6.27. The number of hydrogen-bond donors (Lipinski definition) is 1. The van der Waals surface area contributed by atoms with E-state index in [9.17, 15) is 0 Å². The van der Waals surface area contributed by atoms with Crippen molar-refractivity contribution in [3.63, 3.8) is 0 Å². The van der Waals surface area contributed by atoms with Crippen LogP contribution in [0.5, 0.6) is 0 Å². The van der Waals surface area contributed by atoms with Crippen molar-refractivity contribution in [2.75, 3.05) is 6.54 Å². The Morgan fingerprint density at radius 3 is 2.17 bits per heavy atom. The van der Waals surface area contributed by atoms with E-state index < -0.39 is 0 Å². The zero-order valence-corrected chi connectivity index (χ0v) is 13.3. The highest BCUT2D eigenvalue weighted by atomic mass is 16.5. The normalized spacial score (nSPS) is 30.5. The van der Waals surface area contributed by atoms with Gasteiger partial charge >= 0.3 is 0 Å². The van der Waals surface area contributed by atoms with Crippen molar-refractivity contribution in [2.45, 2.75) is 78.9 Å². The van der Waals surface area contributed by atoms with E-state index in [0.717, 1.165) is 12.5 Å². The smallest absolute Gasteiger partial charge is 0.0625 e. The first-order valence-electron chi connectivity index (χ1n) is 7.57.